The summed E-state index contributed by atoms with van der Waals surface area (Å²) in [7, 11) is 0. The van der Waals surface area contributed by atoms with Gasteiger partial charge in [0.25, 0.3) is 0 Å². The molecule has 2 aliphatic heterocycles. The van der Waals surface area contributed by atoms with Crippen molar-refractivity contribution < 1.29 is 4.79 Å². The number of hydrogen-bond acceptors (Lipinski definition) is 2. The third-order valence-electron chi connectivity index (χ3n) is 3.22. The summed E-state index contributed by atoms with van der Waals surface area (Å²) in [5.41, 5.74) is -0.0573. The summed E-state index contributed by atoms with van der Waals surface area (Å²) in [6, 6.07) is 0. The molecule has 0 bridgehead atoms. The lowest BCUT2D eigenvalue weighted by Crippen LogP contribution is -2.51. The lowest BCUT2D eigenvalue weighted by molar-refractivity contribution is -0.131. The molecule has 2 saturated heterocycles. The van der Waals surface area contributed by atoms with Gasteiger partial charge in [-0.1, -0.05) is 0 Å². The third kappa shape index (κ3) is 0.924. The van der Waals surface area contributed by atoms with E-state index in [2.05, 4.69) is 11.8 Å². The molecule has 0 saturated carbocycles. The van der Waals surface area contributed by atoms with Crippen LogP contribution in [0.5, 0.6) is 0 Å². The van der Waals surface area contributed by atoms with Gasteiger partial charge in [-0.15, -0.1) is 0 Å². The number of hydrogen-bond donors (Lipinski definition) is 0. The van der Waals surface area contributed by atoms with Crippen molar-refractivity contribution in [3.05, 3.63) is 0 Å². The summed E-state index contributed by atoms with van der Waals surface area (Å²) in [4.78, 5) is 13.9. The highest BCUT2D eigenvalue weighted by Crippen LogP contribution is 2.34. The average Bonchev–Trinajstić information content (AvgIpc) is 2.34. The first kappa shape index (κ1) is 7.29. The molecule has 0 N–H and O–H groups in total. The molecule has 0 spiro atoms. The van der Waals surface area contributed by atoms with Gasteiger partial charge >= 0.3 is 0 Å². The second-order valence-electron chi connectivity index (χ2n) is 3.89. The largest absolute Gasteiger partial charge is 0.298 e. The Hall–Kier alpha value is -0.370. The molecule has 2 heterocycles. The molecule has 2 heteroatoms. The van der Waals surface area contributed by atoms with Gasteiger partial charge in [0.1, 0.15) is 0 Å². The second-order valence-corrected chi connectivity index (χ2v) is 3.89. The summed E-state index contributed by atoms with van der Waals surface area (Å²) < 4.78 is 0. The Labute approximate surface area is 67.6 Å². The quantitative estimate of drug-likeness (QED) is 0.521. The van der Waals surface area contributed by atoms with Crippen LogP contribution in [0.3, 0.4) is 0 Å². The lowest BCUT2D eigenvalue weighted by Gasteiger charge is -2.37. The second kappa shape index (κ2) is 2.31. The maximum Gasteiger partial charge on any atom is 0.152 e. The maximum absolute atomic E-state index is 11.6. The van der Waals surface area contributed by atoms with Gasteiger partial charge in [-0.25, -0.2) is 0 Å². The predicted molar refractivity (Wildman–Crippen MR) is 43.5 cm³/mol. The molecule has 0 amide bonds. The van der Waals surface area contributed by atoms with E-state index >= 15 is 0 Å². The van der Waals surface area contributed by atoms with E-state index < -0.39 is 0 Å². The topological polar surface area (TPSA) is 20.3 Å². The van der Waals surface area contributed by atoms with Crippen LogP contribution < -0.4 is 0 Å². The summed E-state index contributed by atoms with van der Waals surface area (Å²) in [5.74, 6) is 0.473. The number of ketones is 1. The van der Waals surface area contributed by atoms with Crippen LogP contribution in [-0.2, 0) is 4.79 Å². The van der Waals surface area contributed by atoms with E-state index in [4.69, 9.17) is 0 Å². The van der Waals surface area contributed by atoms with Gasteiger partial charge in [-0.3, -0.25) is 9.69 Å². The van der Waals surface area contributed by atoms with Gasteiger partial charge in [-0.2, -0.15) is 0 Å². The number of rotatable bonds is 0. The zero-order valence-corrected chi connectivity index (χ0v) is 7.10. The molecule has 0 aromatic heterocycles. The predicted octanol–water partition coefficient (Wildman–Crippen LogP) is 1.20. The SMILES string of the molecule is C[C@@]12CCCN1CCCC2=O. The van der Waals surface area contributed by atoms with E-state index in [1.165, 1.54) is 6.42 Å². The van der Waals surface area contributed by atoms with Crippen molar-refractivity contribution in [3.63, 3.8) is 0 Å². The van der Waals surface area contributed by atoms with Crippen molar-refractivity contribution in [2.24, 2.45) is 0 Å². The van der Waals surface area contributed by atoms with Gasteiger partial charge in [0.05, 0.1) is 5.54 Å². The van der Waals surface area contributed by atoms with Crippen LogP contribution in [-0.4, -0.2) is 29.3 Å². The number of fused-ring (bicyclic) bond motifs is 1. The minimum absolute atomic E-state index is 0.0573. The fourth-order valence-corrected chi connectivity index (χ4v) is 2.39. The number of carbonyl (C=O) groups is 1. The van der Waals surface area contributed by atoms with Crippen molar-refractivity contribution >= 4 is 5.78 Å². The van der Waals surface area contributed by atoms with Crippen molar-refractivity contribution in [1.29, 1.82) is 0 Å². The van der Waals surface area contributed by atoms with Crippen LogP contribution >= 0.6 is 0 Å². The van der Waals surface area contributed by atoms with Crippen molar-refractivity contribution in [2.75, 3.05) is 13.1 Å². The van der Waals surface area contributed by atoms with Crippen LogP contribution in [0, 0.1) is 0 Å². The maximum atomic E-state index is 11.6. The van der Waals surface area contributed by atoms with E-state index in [0.29, 0.717) is 5.78 Å². The molecular formula is C9H15NO. The fourth-order valence-electron chi connectivity index (χ4n) is 2.39. The summed E-state index contributed by atoms with van der Waals surface area (Å²) in [5, 5.41) is 0. The Kier molecular flexibility index (Phi) is 1.53. The van der Waals surface area contributed by atoms with Gasteiger partial charge in [0.15, 0.2) is 5.78 Å². The summed E-state index contributed by atoms with van der Waals surface area (Å²) in [6.45, 7) is 4.39. The molecule has 11 heavy (non-hydrogen) atoms. The zero-order chi connectivity index (χ0) is 7.90. The van der Waals surface area contributed by atoms with Crippen molar-refractivity contribution in [2.45, 2.75) is 38.1 Å². The van der Waals surface area contributed by atoms with E-state index in [0.717, 1.165) is 32.4 Å². The number of nitrogens with zero attached hydrogens (tertiary/aromatic N) is 1. The molecule has 0 aromatic rings. The fraction of sp³-hybridized carbons (Fsp3) is 0.889. The Bertz CT molecular complexity index is 190. The Balaban J connectivity index is 2.24. The molecule has 2 rings (SSSR count). The molecule has 62 valence electrons. The van der Waals surface area contributed by atoms with Crippen molar-refractivity contribution in [3.8, 4) is 0 Å². The molecule has 0 radical (unpaired) electrons. The molecule has 0 unspecified atom stereocenters. The van der Waals surface area contributed by atoms with Crippen LogP contribution in [0.2, 0.25) is 0 Å². The number of Topliss-reactive ketones (excluding diaryl/α,β-unsaturated/α-hetero) is 1. The number of piperidine rings is 1. The molecule has 0 aliphatic carbocycles. The monoisotopic (exact) mass is 153 g/mol. The van der Waals surface area contributed by atoms with Crippen LogP contribution in [0.15, 0.2) is 0 Å². The minimum atomic E-state index is -0.0573. The minimum Gasteiger partial charge on any atom is -0.298 e. The summed E-state index contributed by atoms with van der Waals surface area (Å²) in [6.07, 6.45) is 4.19. The Morgan fingerprint density at radius 1 is 1.36 bits per heavy atom. The Morgan fingerprint density at radius 3 is 2.82 bits per heavy atom. The average molecular weight is 153 g/mol. The van der Waals surface area contributed by atoms with Crippen LogP contribution in [0.4, 0.5) is 0 Å². The van der Waals surface area contributed by atoms with Crippen LogP contribution in [0.1, 0.15) is 32.6 Å². The third-order valence-corrected chi connectivity index (χ3v) is 3.22. The van der Waals surface area contributed by atoms with Crippen LogP contribution in [0.25, 0.3) is 0 Å². The van der Waals surface area contributed by atoms with Gasteiger partial charge < -0.3 is 0 Å². The van der Waals surface area contributed by atoms with Gasteiger partial charge in [-0.05, 0) is 39.3 Å². The summed E-state index contributed by atoms with van der Waals surface area (Å²) >= 11 is 0. The highest BCUT2D eigenvalue weighted by Gasteiger charge is 2.44. The first-order valence-corrected chi connectivity index (χ1v) is 4.52. The highest BCUT2D eigenvalue weighted by atomic mass is 16.1. The molecule has 2 aliphatic rings. The van der Waals surface area contributed by atoms with E-state index in [1.807, 2.05) is 0 Å². The lowest BCUT2D eigenvalue weighted by atomic mass is 9.87. The number of carbonyl (C=O) groups excluding carboxylic acids is 1. The molecule has 2 fully saturated rings. The Morgan fingerprint density at radius 2 is 2.09 bits per heavy atom. The standard InChI is InChI=1S/C9H15NO/c1-9-5-3-7-10(9)6-2-4-8(9)11/h2-7H2,1H3/t9-/m0/s1. The van der Waals surface area contributed by atoms with Gasteiger partial charge in [0, 0.05) is 6.42 Å². The van der Waals surface area contributed by atoms with E-state index in [9.17, 15) is 4.79 Å². The smallest absolute Gasteiger partial charge is 0.152 e. The van der Waals surface area contributed by atoms with E-state index in [1.54, 1.807) is 0 Å². The first-order chi connectivity index (χ1) is 5.23. The molecule has 2 nitrogen and oxygen atoms in total. The van der Waals surface area contributed by atoms with E-state index in [-0.39, 0.29) is 5.54 Å². The van der Waals surface area contributed by atoms with Gasteiger partial charge in [0.2, 0.25) is 0 Å². The zero-order valence-electron chi connectivity index (χ0n) is 7.10. The normalized spacial score (nSPS) is 39.2. The molecule has 1 atom stereocenters. The van der Waals surface area contributed by atoms with Crippen molar-refractivity contribution in [1.82, 2.24) is 4.90 Å². The highest BCUT2D eigenvalue weighted by molar-refractivity contribution is 5.89. The molecule has 0 aromatic carbocycles. The molecular weight excluding hydrogens is 138 g/mol. The first-order valence-electron chi connectivity index (χ1n) is 4.52.